The highest BCUT2D eigenvalue weighted by Crippen LogP contribution is 2.37. The molecule has 2 heterocycles. The van der Waals surface area contributed by atoms with E-state index in [1.807, 2.05) is 18.2 Å². The number of nitrogens with zero attached hydrogens (tertiary/aromatic N) is 1. The van der Waals surface area contributed by atoms with Crippen molar-refractivity contribution < 1.29 is 19.1 Å². The highest BCUT2D eigenvalue weighted by Gasteiger charge is 2.16. The van der Waals surface area contributed by atoms with Crippen molar-refractivity contribution in [3.8, 4) is 39.8 Å². The third kappa shape index (κ3) is 2.59. The largest absolute Gasteiger partial charge is 0.507 e. The van der Waals surface area contributed by atoms with Crippen LogP contribution < -0.4 is 9.47 Å². The molecule has 1 aromatic heterocycles. The van der Waals surface area contributed by atoms with Crippen LogP contribution in [0.2, 0.25) is 5.02 Å². The minimum absolute atomic E-state index is 0.0827. The fourth-order valence-electron chi connectivity index (χ4n) is 2.45. The molecule has 0 radical (unpaired) electrons. The van der Waals surface area contributed by atoms with Gasteiger partial charge in [0.2, 0.25) is 0 Å². The van der Waals surface area contributed by atoms with Crippen molar-refractivity contribution in [2.24, 2.45) is 0 Å². The molecule has 4 rings (SSSR count). The van der Waals surface area contributed by atoms with E-state index in [1.165, 1.54) is 6.07 Å². The number of fused-ring (bicyclic) bond motifs is 1. The molecule has 0 saturated carbocycles. The van der Waals surface area contributed by atoms with Crippen LogP contribution in [0.25, 0.3) is 22.6 Å². The monoisotopic (exact) mass is 329 g/mol. The summed E-state index contributed by atoms with van der Waals surface area (Å²) in [7, 11) is 0. The van der Waals surface area contributed by atoms with Gasteiger partial charge in [0.05, 0.1) is 5.56 Å². The fourth-order valence-corrected chi connectivity index (χ4v) is 2.62. The topological polar surface area (TPSA) is 64.7 Å². The van der Waals surface area contributed by atoms with E-state index in [0.717, 1.165) is 11.3 Å². The SMILES string of the molecule is Oc1ccc(Cl)cc1-c1cc(-c2ccc3c(c2)OCCO3)no1. The van der Waals surface area contributed by atoms with E-state index < -0.39 is 0 Å². The van der Waals surface area contributed by atoms with Gasteiger partial charge in [0.1, 0.15) is 24.7 Å². The van der Waals surface area contributed by atoms with Crippen molar-refractivity contribution in [1.29, 1.82) is 0 Å². The zero-order chi connectivity index (χ0) is 15.8. The zero-order valence-corrected chi connectivity index (χ0v) is 12.7. The first-order chi connectivity index (χ1) is 11.2. The number of halogens is 1. The normalized spacial score (nSPS) is 13.1. The lowest BCUT2D eigenvalue weighted by Gasteiger charge is -2.18. The summed E-state index contributed by atoms with van der Waals surface area (Å²) in [5, 5.41) is 14.5. The molecular weight excluding hydrogens is 318 g/mol. The number of phenols is 1. The van der Waals surface area contributed by atoms with Crippen LogP contribution in [-0.4, -0.2) is 23.5 Å². The number of benzene rings is 2. The summed E-state index contributed by atoms with van der Waals surface area (Å²) in [4.78, 5) is 0. The third-order valence-electron chi connectivity index (χ3n) is 3.57. The number of phenolic OH excluding ortho intramolecular Hbond substituents is 1. The summed E-state index contributed by atoms with van der Waals surface area (Å²) in [6.45, 7) is 1.07. The summed E-state index contributed by atoms with van der Waals surface area (Å²) >= 11 is 5.97. The van der Waals surface area contributed by atoms with Crippen LogP contribution in [-0.2, 0) is 0 Å². The van der Waals surface area contributed by atoms with Gasteiger partial charge in [-0.15, -0.1) is 0 Å². The van der Waals surface area contributed by atoms with Crippen molar-refractivity contribution in [1.82, 2.24) is 5.16 Å². The predicted molar refractivity (Wildman–Crippen MR) is 85.0 cm³/mol. The molecule has 2 aromatic carbocycles. The number of aromatic nitrogens is 1. The van der Waals surface area contributed by atoms with Gasteiger partial charge in [-0.05, 0) is 36.4 Å². The summed E-state index contributed by atoms with van der Waals surface area (Å²) in [5.41, 5.74) is 1.97. The minimum atomic E-state index is 0.0827. The highest BCUT2D eigenvalue weighted by molar-refractivity contribution is 6.30. The minimum Gasteiger partial charge on any atom is -0.507 e. The Morgan fingerprint density at radius 2 is 1.78 bits per heavy atom. The molecule has 0 bridgehead atoms. The molecule has 0 spiro atoms. The molecule has 0 amide bonds. The molecule has 23 heavy (non-hydrogen) atoms. The predicted octanol–water partition coefficient (Wildman–Crippen LogP) is 4.14. The molecule has 0 aliphatic carbocycles. The molecule has 6 heteroatoms. The lowest BCUT2D eigenvalue weighted by molar-refractivity contribution is 0.171. The van der Waals surface area contributed by atoms with Crippen LogP contribution in [0.5, 0.6) is 17.2 Å². The second-order valence-electron chi connectivity index (χ2n) is 5.10. The van der Waals surface area contributed by atoms with Crippen molar-refractivity contribution >= 4 is 11.6 Å². The first-order valence-electron chi connectivity index (χ1n) is 7.06. The standard InChI is InChI=1S/C17H12ClNO4/c18-11-2-3-14(20)12(8-11)16-9-13(19-23-16)10-1-4-15-17(7-10)22-6-5-21-15/h1-4,7-9,20H,5-6H2. The van der Waals surface area contributed by atoms with E-state index in [-0.39, 0.29) is 5.75 Å². The van der Waals surface area contributed by atoms with E-state index in [4.69, 9.17) is 25.6 Å². The van der Waals surface area contributed by atoms with Crippen LogP contribution in [0.4, 0.5) is 0 Å². The second-order valence-corrected chi connectivity index (χ2v) is 5.53. The lowest BCUT2D eigenvalue weighted by Crippen LogP contribution is -2.15. The summed E-state index contributed by atoms with van der Waals surface area (Å²) < 4.78 is 16.4. The van der Waals surface area contributed by atoms with Crippen LogP contribution in [0.15, 0.2) is 47.0 Å². The fraction of sp³-hybridized carbons (Fsp3) is 0.118. The van der Waals surface area contributed by atoms with Gasteiger partial charge in [0.25, 0.3) is 0 Å². The summed E-state index contributed by atoms with van der Waals surface area (Å²) in [5.74, 6) is 1.93. The third-order valence-corrected chi connectivity index (χ3v) is 3.81. The van der Waals surface area contributed by atoms with Crippen molar-refractivity contribution in [2.45, 2.75) is 0 Å². The molecular formula is C17H12ClNO4. The maximum atomic E-state index is 9.94. The van der Waals surface area contributed by atoms with Gasteiger partial charge in [-0.1, -0.05) is 16.8 Å². The molecule has 5 nitrogen and oxygen atoms in total. The first kappa shape index (κ1) is 14.0. The van der Waals surface area contributed by atoms with E-state index >= 15 is 0 Å². The van der Waals surface area contributed by atoms with Gasteiger partial charge in [0.15, 0.2) is 17.3 Å². The molecule has 0 fully saturated rings. The smallest absolute Gasteiger partial charge is 0.171 e. The molecule has 1 N–H and O–H groups in total. The summed E-state index contributed by atoms with van der Waals surface area (Å²) in [6.07, 6.45) is 0. The van der Waals surface area contributed by atoms with E-state index in [2.05, 4.69) is 5.16 Å². The number of ether oxygens (including phenoxy) is 2. The van der Waals surface area contributed by atoms with Crippen molar-refractivity contribution in [2.75, 3.05) is 13.2 Å². The van der Waals surface area contributed by atoms with Gasteiger partial charge in [-0.3, -0.25) is 0 Å². The average Bonchev–Trinajstić information content (AvgIpc) is 3.06. The molecule has 0 saturated heterocycles. The Labute approximate surface area is 137 Å². The maximum absolute atomic E-state index is 9.94. The van der Waals surface area contributed by atoms with Gasteiger partial charge >= 0.3 is 0 Å². The van der Waals surface area contributed by atoms with E-state index in [1.54, 1.807) is 18.2 Å². The van der Waals surface area contributed by atoms with Crippen molar-refractivity contribution in [3.05, 3.63) is 47.5 Å². The Kier molecular flexibility index (Phi) is 3.35. The quantitative estimate of drug-likeness (QED) is 0.765. The van der Waals surface area contributed by atoms with Crippen molar-refractivity contribution in [3.63, 3.8) is 0 Å². The number of aromatic hydroxyl groups is 1. The molecule has 1 aliphatic rings. The molecule has 116 valence electrons. The van der Waals surface area contributed by atoms with Crippen LogP contribution in [0.3, 0.4) is 0 Å². The Morgan fingerprint density at radius 1 is 0.957 bits per heavy atom. The Morgan fingerprint density at radius 3 is 2.65 bits per heavy atom. The van der Waals surface area contributed by atoms with E-state index in [9.17, 15) is 5.11 Å². The van der Waals surface area contributed by atoms with Gasteiger partial charge in [-0.2, -0.15) is 0 Å². The summed E-state index contributed by atoms with van der Waals surface area (Å²) in [6, 6.07) is 12.1. The van der Waals surface area contributed by atoms with Gasteiger partial charge in [0, 0.05) is 16.7 Å². The maximum Gasteiger partial charge on any atom is 0.171 e. The molecule has 0 unspecified atom stereocenters. The number of rotatable bonds is 2. The second kappa shape index (κ2) is 5.52. The van der Waals surface area contributed by atoms with Crippen LogP contribution in [0, 0.1) is 0 Å². The Bertz CT molecular complexity index is 875. The van der Waals surface area contributed by atoms with Gasteiger partial charge < -0.3 is 19.1 Å². The Hall–Kier alpha value is -2.66. The van der Waals surface area contributed by atoms with E-state index in [0.29, 0.717) is 41.0 Å². The zero-order valence-electron chi connectivity index (χ0n) is 12.0. The number of hydrogen-bond acceptors (Lipinski definition) is 5. The van der Waals surface area contributed by atoms with Crippen LogP contribution >= 0.6 is 11.6 Å². The molecule has 3 aromatic rings. The highest BCUT2D eigenvalue weighted by atomic mass is 35.5. The lowest BCUT2D eigenvalue weighted by atomic mass is 10.1. The molecule has 1 aliphatic heterocycles. The number of hydrogen-bond donors (Lipinski definition) is 1. The van der Waals surface area contributed by atoms with Crippen LogP contribution in [0.1, 0.15) is 0 Å². The Balaban J connectivity index is 1.72. The average molecular weight is 330 g/mol. The first-order valence-corrected chi connectivity index (χ1v) is 7.44. The van der Waals surface area contributed by atoms with Gasteiger partial charge in [-0.25, -0.2) is 0 Å². The molecule has 0 atom stereocenters.